The molecule has 1 atom stereocenters. The fraction of sp³-hybridized carbons (Fsp3) is 0.545. The number of H-pyrrole nitrogens is 1. The number of hydrogen-bond donors (Lipinski definition) is 4. The topological polar surface area (TPSA) is 136 Å². The molecule has 8 nitrogen and oxygen atoms in total. The van der Waals surface area contributed by atoms with Crippen LogP contribution in [0.2, 0.25) is 0 Å². The molecule has 0 saturated heterocycles. The Bertz CT molecular complexity index is 575. The highest BCUT2D eigenvalue weighted by Crippen LogP contribution is 2.12. The summed E-state index contributed by atoms with van der Waals surface area (Å²) in [4.78, 5) is 36.3. The third-order valence-corrected chi connectivity index (χ3v) is 2.58. The predicted octanol–water partition coefficient (Wildman–Crippen LogP) is -0.795. The lowest BCUT2D eigenvalue weighted by Gasteiger charge is -2.16. The highest BCUT2D eigenvalue weighted by atomic mass is 16.2. The van der Waals surface area contributed by atoms with Gasteiger partial charge in [0.25, 0.3) is 5.56 Å². The van der Waals surface area contributed by atoms with E-state index in [1.54, 1.807) is 6.92 Å². The van der Waals surface area contributed by atoms with Crippen molar-refractivity contribution in [3.63, 3.8) is 0 Å². The molecule has 1 unspecified atom stereocenters. The maximum absolute atomic E-state index is 11.7. The normalized spacial score (nSPS) is 12.1. The highest BCUT2D eigenvalue weighted by molar-refractivity contribution is 5.75. The summed E-state index contributed by atoms with van der Waals surface area (Å²) in [5.41, 5.74) is 9.82. The molecule has 19 heavy (non-hydrogen) atoms. The number of rotatable bonds is 6. The lowest BCUT2D eigenvalue weighted by Crippen LogP contribution is -2.36. The summed E-state index contributed by atoms with van der Waals surface area (Å²) >= 11 is 0. The van der Waals surface area contributed by atoms with Crippen molar-refractivity contribution in [1.82, 2.24) is 9.55 Å². The zero-order valence-electron chi connectivity index (χ0n) is 11.0. The van der Waals surface area contributed by atoms with Gasteiger partial charge in [0.2, 0.25) is 5.91 Å². The number of nitrogens with zero attached hydrogens (tertiary/aromatic N) is 1. The van der Waals surface area contributed by atoms with Gasteiger partial charge in [0.05, 0.1) is 0 Å². The summed E-state index contributed by atoms with van der Waals surface area (Å²) in [6, 6.07) is -0.353. The van der Waals surface area contributed by atoms with Crippen molar-refractivity contribution in [2.24, 2.45) is 5.73 Å². The maximum atomic E-state index is 11.7. The Morgan fingerprint density at radius 1 is 1.47 bits per heavy atom. The number of anilines is 2. The minimum absolute atomic E-state index is 0.0613. The molecule has 0 aliphatic rings. The molecular formula is C11H19N5O3. The quantitative estimate of drug-likeness (QED) is 0.536. The van der Waals surface area contributed by atoms with Crippen molar-refractivity contribution in [2.75, 3.05) is 11.1 Å². The van der Waals surface area contributed by atoms with Crippen LogP contribution in [0.5, 0.6) is 0 Å². The van der Waals surface area contributed by atoms with Crippen LogP contribution in [0, 0.1) is 0 Å². The van der Waals surface area contributed by atoms with Gasteiger partial charge in [0.1, 0.15) is 11.5 Å². The first-order valence-electron chi connectivity index (χ1n) is 6.04. The van der Waals surface area contributed by atoms with Gasteiger partial charge in [-0.3, -0.25) is 19.1 Å². The van der Waals surface area contributed by atoms with E-state index in [2.05, 4.69) is 10.3 Å². The van der Waals surface area contributed by atoms with E-state index < -0.39 is 17.2 Å². The largest absolute Gasteiger partial charge is 0.383 e. The van der Waals surface area contributed by atoms with Crippen molar-refractivity contribution in [3.8, 4) is 0 Å². The number of carbonyl (C=O) groups excluding carboxylic acids is 1. The second kappa shape index (κ2) is 6.07. The molecule has 0 spiro atoms. The van der Waals surface area contributed by atoms with Gasteiger partial charge in [-0.1, -0.05) is 6.92 Å². The van der Waals surface area contributed by atoms with Gasteiger partial charge in [-0.25, -0.2) is 4.79 Å². The molecule has 1 amide bonds. The first-order valence-corrected chi connectivity index (χ1v) is 6.04. The van der Waals surface area contributed by atoms with E-state index in [0.717, 1.165) is 0 Å². The zero-order valence-corrected chi connectivity index (χ0v) is 11.0. The van der Waals surface area contributed by atoms with Crippen LogP contribution in [-0.4, -0.2) is 21.5 Å². The Morgan fingerprint density at radius 2 is 2.11 bits per heavy atom. The van der Waals surface area contributed by atoms with Crippen molar-refractivity contribution in [3.05, 3.63) is 20.8 Å². The first-order chi connectivity index (χ1) is 8.86. The van der Waals surface area contributed by atoms with Crippen LogP contribution < -0.4 is 28.0 Å². The van der Waals surface area contributed by atoms with E-state index in [1.807, 2.05) is 6.92 Å². The van der Waals surface area contributed by atoms with Gasteiger partial charge in [0, 0.05) is 19.0 Å². The number of nitrogens with two attached hydrogens (primary N) is 2. The SMILES string of the molecule is CCCn1c(N)c(NC(C)CC(N)=O)c(=O)[nH]c1=O. The van der Waals surface area contributed by atoms with Gasteiger partial charge < -0.3 is 16.8 Å². The number of primary amides is 1. The second-order valence-corrected chi connectivity index (χ2v) is 4.39. The first kappa shape index (κ1) is 14.8. The molecule has 1 aromatic rings. The summed E-state index contributed by atoms with van der Waals surface area (Å²) < 4.78 is 1.28. The second-order valence-electron chi connectivity index (χ2n) is 4.39. The van der Waals surface area contributed by atoms with Gasteiger partial charge in [-0.15, -0.1) is 0 Å². The third-order valence-electron chi connectivity index (χ3n) is 2.58. The number of hydrogen-bond acceptors (Lipinski definition) is 5. The third kappa shape index (κ3) is 3.60. The smallest absolute Gasteiger partial charge is 0.330 e. The lowest BCUT2D eigenvalue weighted by molar-refractivity contribution is -0.118. The molecule has 0 aliphatic carbocycles. The van der Waals surface area contributed by atoms with Gasteiger partial charge in [-0.2, -0.15) is 0 Å². The Balaban J connectivity index is 3.13. The standard InChI is InChI=1S/C11H19N5O3/c1-3-4-16-9(13)8(10(18)15-11(16)19)14-6(2)5-7(12)17/h6,14H,3-5,13H2,1-2H3,(H2,12,17)(H,15,18,19). The highest BCUT2D eigenvalue weighted by Gasteiger charge is 2.14. The number of aromatic nitrogens is 2. The fourth-order valence-corrected chi connectivity index (χ4v) is 1.77. The molecule has 0 radical (unpaired) electrons. The van der Waals surface area contributed by atoms with E-state index in [-0.39, 0.29) is 24.0 Å². The molecule has 1 rings (SSSR count). The minimum Gasteiger partial charge on any atom is -0.383 e. The van der Waals surface area contributed by atoms with Crippen molar-refractivity contribution in [1.29, 1.82) is 0 Å². The van der Waals surface area contributed by atoms with Crippen molar-refractivity contribution < 1.29 is 4.79 Å². The Morgan fingerprint density at radius 3 is 2.63 bits per heavy atom. The van der Waals surface area contributed by atoms with E-state index in [9.17, 15) is 14.4 Å². The molecule has 1 aromatic heterocycles. The molecule has 8 heteroatoms. The number of nitrogen functional groups attached to an aromatic ring is 1. The number of amides is 1. The summed E-state index contributed by atoms with van der Waals surface area (Å²) in [6.07, 6.45) is 0.762. The summed E-state index contributed by atoms with van der Waals surface area (Å²) in [5.74, 6) is -0.427. The van der Waals surface area contributed by atoms with Crippen LogP contribution >= 0.6 is 0 Å². The fourth-order valence-electron chi connectivity index (χ4n) is 1.77. The van der Waals surface area contributed by atoms with Crippen molar-refractivity contribution in [2.45, 2.75) is 39.3 Å². The summed E-state index contributed by atoms with van der Waals surface area (Å²) in [6.45, 7) is 3.99. The lowest BCUT2D eigenvalue weighted by atomic mass is 10.2. The molecule has 0 bridgehead atoms. The van der Waals surface area contributed by atoms with Crippen molar-refractivity contribution >= 4 is 17.4 Å². The van der Waals surface area contributed by atoms with Crippen LogP contribution in [0.25, 0.3) is 0 Å². The molecule has 0 aromatic carbocycles. The molecule has 0 aliphatic heterocycles. The van der Waals surface area contributed by atoms with Crippen LogP contribution in [0.3, 0.4) is 0 Å². The summed E-state index contributed by atoms with van der Waals surface area (Å²) in [7, 11) is 0. The van der Waals surface area contributed by atoms with Crippen LogP contribution in [-0.2, 0) is 11.3 Å². The number of aromatic amines is 1. The van der Waals surface area contributed by atoms with Crippen LogP contribution in [0.1, 0.15) is 26.7 Å². The van der Waals surface area contributed by atoms with Gasteiger partial charge in [-0.05, 0) is 13.3 Å². The van der Waals surface area contributed by atoms with Gasteiger partial charge >= 0.3 is 5.69 Å². The monoisotopic (exact) mass is 269 g/mol. The molecule has 1 heterocycles. The molecule has 6 N–H and O–H groups in total. The number of nitrogens with one attached hydrogen (secondary N) is 2. The number of carbonyl (C=O) groups is 1. The average Bonchev–Trinajstić information content (AvgIpc) is 2.29. The Kier molecular flexibility index (Phi) is 4.74. The van der Waals surface area contributed by atoms with E-state index in [0.29, 0.717) is 13.0 Å². The average molecular weight is 269 g/mol. The van der Waals surface area contributed by atoms with E-state index in [4.69, 9.17) is 11.5 Å². The van der Waals surface area contributed by atoms with Crippen LogP contribution in [0.15, 0.2) is 9.59 Å². The Labute approximate surface area is 109 Å². The molecule has 0 saturated carbocycles. The Hall–Kier alpha value is -2.25. The zero-order chi connectivity index (χ0) is 14.6. The summed E-state index contributed by atoms with van der Waals surface area (Å²) in [5, 5.41) is 2.81. The molecule has 106 valence electrons. The van der Waals surface area contributed by atoms with E-state index >= 15 is 0 Å². The molecular weight excluding hydrogens is 250 g/mol. The van der Waals surface area contributed by atoms with E-state index in [1.165, 1.54) is 4.57 Å². The predicted molar refractivity (Wildman–Crippen MR) is 72.9 cm³/mol. The van der Waals surface area contributed by atoms with Crippen LogP contribution in [0.4, 0.5) is 11.5 Å². The maximum Gasteiger partial charge on any atom is 0.330 e. The molecule has 0 fully saturated rings. The minimum atomic E-state index is -0.605. The van der Waals surface area contributed by atoms with Gasteiger partial charge in [0.15, 0.2) is 0 Å².